The molecule has 19 heavy (non-hydrogen) atoms. The van der Waals surface area contributed by atoms with Gasteiger partial charge in [0.25, 0.3) is 0 Å². The summed E-state index contributed by atoms with van der Waals surface area (Å²) in [5, 5.41) is 12.3. The Labute approximate surface area is 112 Å². The Balaban J connectivity index is 1.94. The van der Waals surface area contributed by atoms with Crippen LogP contribution in [0.15, 0.2) is 12.3 Å². The lowest BCUT2D eigenvalue weighted by molar-refractivity contribution is -0.144. The number of methoxy groups -OCH3 is 1. The number of carboxylic acids is 1. The van der Waals surface area contributed by atoms with Gasteiger partial charge in [-0.3, -0.25) is 4.79 Å². The third-order valence-electron chi connectivity index (χ3n) is 3.59. The molecule has 104 valence electrons. The van der Waals surface area contributed by atoms with Crippen LogP contribution in [0.1, 0.15) is 25.7 Å². The van der Waals surface area contributed by atoms with Crippen LogP contribution in [-0.2, 0) is 4.79 Å². The van der Waals surface area contributed by atoms with E-state index in [2.05, 4.69) is 15.3 Å². The van der Waals surface area contributed by atoms with Crippen molar-refractivity contribution < 1.29 is 14.6 Å². The number of hydrogen-bond donors (Lipinski definition) is 2. The molecule has 6 nitrogen and oxygen atoms in total. The van der Waals surface area contributed by atoms with Crippen molar-refractivity contribution in [3.05, 3.63) is 12.3 Å². The van der Waals surface area contributed by atoms with Crippen molar-refractivity contribution >= 4 is 11.9 Å². The highest BCUT2D eigenvalue weighted by molar-refractivity contribution is 5.70. The summed E-state index contributed by atoms with van der Waals surface area (Å²) in [6.07, 6.45) is 5.41. The molecule has 0 unspecified atom stereocenters. The molecule has 1 aromatic rings. The number of carbonyl (C=O) groups is 1. The van der Waals surface area contributed by atoms with Gasteiger partial charge in [-0.05, 0) is 18.8 Å². The predicted molar refractivity (Wildman–Crippen MR) is 70.2 cm³/mol. The van der Waals surface area contributed by atoms with Gasteiger partial charge in [-0.25, -0.2) is 4.98 Å². The molecule has 0 radical (unpaired) electrons. The Kier molecular flexibility index (Phi) is 4.54. The van der Waals surface area contributed by atoms with E-state index >= 15 is 0 Å². The van der Waals surface area contributed by atoms with Crippen molar-refractivity contribution in [2.24, 2.45) is 11.8 Å². The van der Waals surface area contributed by atoms with E-state index in [0.29, 0.717) is 18.4 Å². The van der Waals surface area contributed by atoms with Gasteiger partial charge in [0, 0.05) is 18.8 Å². The van der Waals surface area contributed by atoms with E-state index in [1.54, 1.807) is 19.4 Å². The number of hydrogen-bond acceptors (Lipinski definition) is 5. The summed E-state index contributed by atoms with van der Waals surface area (Å²) in [7, 11) is 1.55. The molecule has 6 heteroatoms. The SMILES string of the molecule is COc1ccnc(NC[C@@H]2CCCC[C@@H]2C(=O)O)n1. The molecular formula is C13H19N3O3. The van der Waals surface area contributed by atoms with Crippen LogP contribution in [0.2, 0.25) is 0 Å². The number of aliphatic carboxylic acids is 1. The van der Waals surface area contributed by atoms with Gasteiger partial charge in [-0.1, -0.05) is 12.8 Å². The summed E-state index contributed by atoms with van der Waals surface area (Å²) in [4.78, 5) is 19.4. The number of rotatable bonds is 5. The lowest BCUT2D eigenvalue weighted by Gasteiger charge is -2.28. The van der Waals surface area contributed by atoms with E-state index in [9.17, 15) is 9.90 Å². The molecule has 0 spiro atoms. The smallest absolute Gasteiger partial charge is 0.306 e. The van der Waals surface area contributed by atoms with Crippen LogP contribution in [0.3, 0.4) is 0 Å². The summed E-state index contributed by atoms with van der Waals surface area (Å²) in [5.74, 6) is 0.163. The number of anilines is 1. The highest BCUT2D eigenvalue weighted by Crippen LogP contribution is 2.30. The Morgan fingerprint density at radius 3 is 3.05 bits per heavy atom. The number of aromatic nitrogens is 2. The summed E-state index contributed by atoms with van der Waals surface area (Å²) < 4.78 is 5.02. The second-order valence-electron chi connectivity index (χ2n) is 4.79. The van der Waals surface area contributed by atoms with Crippen molar-refractivity contribution in [2.75, 3.05) is 19.0 Å². The molecule has 2 atom stereocenters. The molecule has 2 N–H and O–H groups in total. The zero-order chi connectivity index (χ0) is 13.7. The zero-order valence-corrected chi connectivity index (χ0v) is 11.0. The Morgan fingerprint density at radius 1 is 1.53 bits per heavy atom. The molecule has 1 aromatic heterocycles. The van der Waals surface area contributed by atoms with Crippen molar-refractivity contribution in [2.45, 2.75) is 25.7 Å². The lowest BCUT2D eigenvalue weighted by atomic mass is 9.79. The van der Waals surface area contributed by atoms with E-state index in [0.717, 1.165) is 25.7 Å². The summed E-state index contributed by atoms with van der Waals surface area (Å²) in [6, 6.07) is 1.67. The molecule has 1 saturated carbocycles. The van der Waals surface area contributed by atoms with Crippen LogP contribution in [0.25, 0.3) is 0 Å². The lowest BCUT2D eigenvalue weighted by Crippen LogP contribution is -2.32. The minimum Gasteiger partial charge on any atom is -0.481 e. The van der Waals surface area contributed by atoms with Crippen molar-refractivity contribution in [3.63, 3.8) is 0 Å². The molecule has 0 aliphatic heterocycles. The first-order valence-electron chi connectivity index (χ1n) is 6.54. The number of carboxylic acid groups (broad SMARTS) is 1. The van der Waals surface area contributed by atoms with Crippen molar-refractivity contribution in [1.82, 2.24) is 9.97 Å². The predicted octanol–water partition coefficient (Wildman–Crippen LogP) is 1.79. The molecule has 1 aliphatic rings. The minimum atomic E-state index is -0.696. The van der Waals surface area contributed by atoms with Gasteiger partial charge in [0.2, 0.25) is 11.8 Å². The van der Waals surface area contributed by atoms with E-state index in [1.807, 2.05) is 0 Å². The molecule has 0 bridgehead atoms. The summed E-state index contributed by atoms with van der Waals surface area (Å²) in [6.45, 7) is 0.587. The number of ether oxygens (including phenoxy) is 1. The third-order valence-corrected chi connectivity index (χ3v) is 3.59. The Hall–Kier alpha value is -1.85. The van der Waals surface area contributed by atoms with Crippen LogP contribution in [0.5, 0.6) is 5.88 Å². The number of nitrogens with zero attached hydrogens (tertiary/aromatic N) is 2. The Morgan fingerprint density at radius 2 is 2.32 bits per heavy atom. The van der Waals surface area contributed by atoms with E-state index in [1.165, 1.54) is 0 Å². The highest BCUT2D eigenvalue weighted by atomic mass is 16.5. The maximum atomic E-state index is 11.2. The monoisotopic (exact) mass is 265 g/mol. The fourth-order valence-electron chi connectivity index (χ4n) is 2.54. The summed E-state index contributed by atoms with van der Waals surface area (Å²) in [5.41, 5.74) is 0. The molecule has 1 fully saturated rings. The van der Waals surface area contributed by atoms with Gasteiger partial charge in [-0.2, -0.15) is 4.98 Å². The zero-order valence-electron chi connectivity index (χ0n) is 11.0. The maximum absolute atomic E-state index is 11.2. The topological polar surface area (TPSA) is 84.3 Å². The van der Waals surface area contributed by atoms with Gasteiger partial charge in [0.05, 0.1) is 13.0 Å². The van der Waals surface area contributed by atoms with E-state index < -0.39 is 5.97 Å². The van der Waals surface area contributed by atoms with Gasteiger partial charge >= 0.3 is 5.97 Å². The Bertz CT molecular complexity index is 439. The van der Waals surface area contributed by atoms with Crippen LogP contribution in [0.4, 0.5) is 5.95 Å². The standard InChI is InChI=1S/C13H19N3O3/c1-19-11-6-7-14-13(16-11)15-8-9-4-2-3-5-10(9)12(17)18/h6-7,9-10H,2-5,8H2,1H3,(H,17,18)(H,14,15,16)/t9-,10-/m0/s1. The van der Waals surface area contributed by atoms with Crippen LogP contribution in [-0.4, -0.2) is 34.7 Å². The molecule has 1 heterocycles. The van der Waals surface area contributed by atoms with Gasteiger partial charge in [0.15, 0.2) is 0 Å². The van der Waals surface area contributed by atoms with Crippen LogP contribution < -0.4 is 10.1 Å². The molecule has 0 saturated heterocycles. The highest BCUT2D eigenvalue weighted by Gasteiger charge is 2.30. The molecule has 2 rings (SSSR count). The third kappa shape index (κ3) is 3.56. The van der Waals surface area contributed by atoms with Crippen LogP contribution >= 0.6 is 0 Å². The molecular weight excluding hydrogens is 246 g/mol. The first-order valence-corrected chi connectivity index (χ1v) is 6.54. The first kappa shape index (κ1) is 13.6. The quantitative estimate of drug-likeness (QED) is 0.844. The normalized spacial score (nSPS) is 22.8. The second-order valence-corrected chi connectivity index (χ2v) is 4.79. The maximum Gasteiger partial charge on any atom is 0.306 e. The molecule has 1 aliphatic carbocycles. The van der Waals surface area contributed by atoms with E-state index in [4.69, 9.17) is 4.74 Å². The second kappa shape index (κ2) is 6.36. The van der Waals surface area contributed by atoms with Crippen molar-refractivity contribution in [1.29, 1.82) is 0 Å². The molecule has 0 amide bonds. The van der Waals surface area contributed by atoms with Crippen molar-refractivity contribution in [3.8, 4) is 5.88 Å². The fourth-order valence-corrected chi connectivity index (χ4v) is 2.54. The number of nitrogens with one attached hydrogen (secondary N) is 1. The van der Waals surface area contributed by atoms with Crippen LogP contribution in [0, 0.1) is 11.8 Å². The van der Waals surface area contributed by atoms with Gasteiger partial charge < -0.3 is 15.2 Å². The first-order chi connectivity index (χ1) is 9.20. The molecule has 0 aromatic carbocycles. The average Bonchev–Trinajstić information content (AvgIpc) is 2.45. The van der Waals surface area contributed by atoms with E-state index in [-0.39, 0.29) is 11.8 Å². The largest absolute Gasteiger partial charge is 0.481 e. The van der Waals surface area contributed by atoms with Gasteiger partial charge in [-0.15, -0.1) is 0 Å². The van der Waals surface area contributed by atoms with Gasteiger partial charge in [0.1, 0.15) is 0 Å². The fraction of sp³-hybridized carbons (Fsp3) is 0.615. The average molecular weight is 265 g/mol. The summed E-state index contributed by atoms with van der Waals surface area (Å²) >= 11 is 0. The minimum absolute atomic E-state index is 0.140.